The second-order valence-corrected chi connectivity index (χ2v) is 10.8. The molecular weight excluding hydrogens is 512 g/mol. The van der Waals surface area contributed by atoms with Crippen LogP contribution in [-0.4, -0.2) is 64.0 Å². The van der Waals surface area contributed by atoms with Crippen molar-refractivity contribution in [3.63, 3.8) is 0 Å². The molecule has 2 amide bonds. The molecular formula is C32H35F2N3O3. The van der Waals surface area contributed by atoms with E-state index in [1.807, 2.05) is 48.5 Å². The van der Waals surface area contributed by atoms with Crippen LogP contribution in [0, 0.1) is 11.6 Å². The highest BCUT2D eigenvalue weighted by Gasteiger charge is 2.41. The summed E-state index contributed by atoms with van der Waals surface area (Å²) in [6.07, 6.45) is 2.40. The number of amides is 2. The Morgan fingerprint density at radius 3 is 2.12 bits per heavy atom. The molecule has 210 valence electrons. The summed E-state index contributed by atoms with van der Waals surface area (Å²) >= 11 is 0. The first-order valence-corrected chi connectivity index (χ1v) is 13.9. The van der Waals surface area contributed by atoms with E-state index in [0.717, 1.165) is 31.2 Å². The van der Waals surface area contributed by atoms with Gasteiger partial charge in [0.05, 0.1) is 6.54 Å². The summed E-state index contributed by atoms with van der Waals surface area (Å²) in [4.78, 5) is 29.8. The molecule has 3 aromatic carbocycles. The van der Waals surface area contributed by atoms with E-state index in [1.54, 1.807) is 12.1 Å². The highest BCUT2D eigenvalue weighted by atomic mass is 19.1. The molecule has 3 atom stereocenters. The van der Waals surface area contributed by atoms with Gasteiger partial charge in [-0.2, -0.15) is 0 Å². The van der Waals surface area contributed by atoms with Gasteiger partial charge in [0, 0.05) is 48.8 Å². The van der Waals surface area contributed by atoms with E-state index in [9.17, 15) is 23.5 Å². The van der Waals surface area contributed by atoms with Crippen molar-refractivity contribution in [1.29, 1.82) is 0 Å². The van der Waals surface area contributed by atoms with Gasteiger partial charge in [-0.3, -0.25) is 14.5 Å². The fourth-order valence-electron chi connectivity index (χ4n) is 6.13. The summed E-state index contributed by atoms with van der Waals surface area (Å²) in [6.45, 7) is 0.489. The van der Waals surface area contributed by atoms with Gasteiger partial charge in [0.15, 0.2) is 0 Å². The molecule has 3 aromatic rings. The van der Waals surface area contributed by atoms with E-state index in [-0.39, 0.29) is 49.1 Å². The van der Waals surface area contributed by atoms with Gasteiger partial charge in [-0.05, 0) is 55.5 Å². The van der Waals surface area contributed by atoms with Crippen LogP contribution in [-0.2, 0) is 17.8 Å². The van der Waals surface area contributed by atoms with E-state index < -0.39 is 23.6 Å². The normalized spacial score (nSPS) is 21.1. The van der Waals surface area contributed by atoms with Gasteiger partial charge in [-0.25, -0.2) is 8.78 Å². The summed E-state index contributed by atoms with van der Waals surface area (Å²) in [5.41, 5.74) is 1.26. The van der Waals surface area contributed by atoms with Gasteiger partial charge in [-0.1, -0.05) is 54.6 Å². The van der Waals surface area contributed by atoms with Crippen molar-refractivity contribution < 1.29 is 23.5 Å². The van der Waals surface area contributed by atoms with Crippen molar-refractivity contribution in [3.8, 4) is 0 Å². The number of carbonyl (C=O) groups is 2. The first-order chi connectivity index (χ1) is 19.4. The Bertz CT molecular complexity index is 1270. The maximum Gasteiger partial charge on any atom is 0.252 e. The topological polar surface area (TPSA) is 72.9 Å². The van der Waals surface area contributed by atoms with Gasteiger partial charge in [0.1, 0.15) is 17.7 Å². The molecule has 0 saturated carbocycles. The first kappa shape index (κ1) is 27.9. The van der Waals surface area contributed by atoms with Gasteiger partial charge in [-0.15, -0.1) is 0 Å². The monoisotopic (exact) mass is 547 g/mol. The predicted molar refractivity (Wildman–Crippen MR) is 148 cm³/mol. The number of carbonyl (C=O) groups excluding carboxylic acids is 2. The van der Waals surface area contributed by atoms with Gasteiger partial charge >= 0.3 is 0 Å². The molecule has 2 bridgehead atoms. The number of fused-ring (bicyclic) bond motifs is 2. The van der Waals surface area contributed by atoms with Crippen LogP contribution >= 0.6 is 0 Å². The highest BCUT2D eigenvalue weighted by Crippen LogP contribution is 2.35. The summed E-state index contributed by atoms with van der Waals surface area (Å²) in [5, 5.41) is 14.0. The van der Waals surface area contributed by atoms with Crippen LogP contribution in [0.4, 0.5) is 8.78 Å². The van der Waals surface area contributed by atoms with Crippen molar-refractivity contribution in [2.45, 2.75) is 62.9 Å². The van der Waals surface area contributed by atoms with Crippen LogP contribution in [0.5, 0.6) is 0 Å². The number of halogens is 2. The van der Waals surface area contributed by atoms with Crippen LogP contribution in [0.2, 0.25) is 0 Å². The molecule has 40 heavy (non-hydrogen) atoms. The molecule has 6 nitrogen and oxygen atoms in total. The van der Waals surface area contributed by atoms with E-state index in [2.05, 4.69) is 10.2 Å². The third-order valence-corrected chi connectivity index (χ3v) is 8.16. The smallest absolute Gasteiger partial charge is 0.252 e. The van der Waals surface area contributed by atoms with Crippen molar-refractivity contribution in [2.75, 3.05) is 13.1 Å². The number of aliphatic hydroxyl groups is 1. The van der Waals surface area contributed by atoms with Gasteiger partial charge in [0.2, 0.25) is 0 Å². The van der Waals surface area contributed by atoms with Gasteiger partial charge in [0.25, 0.3) is 11.8 Å². The highest BCUT2D eigenvalue weighted by molar-refractivity contribution is 5.94. The van der Waals surface area contributed by atoms with Crippen LogP contribution in [0.1, 0.15) is 47.2 Å². The molecule has 2 saturated heterocycles. The zero-order chi connectivity index (χ0) is 28.1. The minimum Gasteiger partial charge on any atom is -0.383 e. The van der Waals surface area contributed by atoms with Crippen LogP contribution in [0.15, 0.2) is 78.9 Å². The zero-order valence-electron chi connectivity index (χ0n) is 22.4. The largest absolute Gasteiger partial charge is 0.383 e. The lowest BCUT2D eigenvalue weighted by atomic mass is 9.96. The van der Waals surface area contributed by atoms with E-state index >= 15 is 0 Å². The van der Waals surface area contributed by atoms with Crippen molar-refractivity contribution in [3.05, 3.63) is 107 Å². The fraction of sp³-hybridized carbons (Fsp3) is 0.375. The maximum atomic E-state index is 14.5. The molecule has 2 N–H and O–H groups in total. The maximum absolute atomic E-state index is 14.5. The van der Waals surface area contributed by atoms with E-state index in [4.69, 9.17) is 0 Å². The summed E-state index contributed by atoms with van der Waals surface area (Å²) < 4.78 is 29.1. The third-order valence-electron chi connectivity index (χ3n) is 8.16. The number of hydrogen-bond donors (Lipinski definition) is 2. The molecule has 8 heteroatoms. The summed E-state index contributed by atoms with van der Waals surface area (Å²) in [6, 6.07) is 22.6. The van der Waals surface area contributed by atoms with Crippen LogP contribution in [0.25, 0.3) is 0 Å². The average Bonchev–Trinajstić information content (AvgIpc) is 3.20. The van der Waals surface area contributed by atoms with Crippen molar-refractivity contribution in [2.24, 2.45) is 0 Å². The van der Waals surface area contributed by atoms with E-state index in [0.29, 0.717) is 12.1 Å². The van der Waals surface area contributed by atoms with Crippen molar-refractivity contribution in [1.82, 2.24) is 15.1 Å². The second kappa shape index (κ2) is 12.7. The molecule has 0 aromatic heterocycles. The quantitative estimate of drug-likeness (QED) is 0.397. The first-order valence-electron chi connectivity index (χ1n) is 13.9. The number of nitrogens with one attached hydrogen (secondary N) is 1. The minimum absolute atomic E-state index is 0.0689. The average molecular weight is 548 g/mol. The molecule has 2 fully saturated rings. The number of piperidine rings is 1. The summed E-state index contributed by atoms with van der Waals surface area (Å²) in [5.74, 6) is -2.06. The van der Waals surface area contributed by atoms with Crippen LogP contribution in [0.3, 0.4) is 0 Å². The Kier molecular flexibility index (Phi) is 8.87. The Balaban J connectivity index is 1.25. The molecule has 2 aliphatic rings. The molecule has 0 spiro atoms. The number of benzene rings is 3. The van der Waals surface area contributed by atoms with Crippen molar-refractivity contribution >= 4 is 11.8 Å². The lowest BCUT2D eigenvalue weighted by molar-refractivity contribution is -0.141. The molecule has 0 radical (unpaired) electrons. The molecule has 2 aliphatic heterocycles. The number of hydrogen-bond acceptors (Lipinski definition) is 4. The Morgan fingerprint density at radius 2 is 1.50 bits per heavy atom. The van der Waals surface area contributed by atoms with Gasteiger partial charge < -0.3 is 15.3 Å². The second-order valence-electron chi connectivity index (χ2n) is 10.8. The van der Waals surface area contributed by atoms with E-state index in [1.165, 1.54) is 23.1 Å². The number of nitrogens with zero attached hydrogens (tertiary/aromatic N) is 2. The zero-order valence-corrected chi connectivity index (χ0v) is 22.4. The summed E-state index contributed by atoms with van der Waals surface area (Å²) in [7, 11) is 0. The lowest BCUT2D eigenvalue weighted by Crippen LogP contribution is -2.52. The molecule has 2 unspecified atom stereocenters. The SMILES string of the molecule is O=C(NC1CC2CCC(C1)N2CCN(Cc1c(F)cccc1F)C(=O)[C@@H](O)Cc1ccccc1)c1ccccc1. The predicted octanol–water partition coefficient (Wildman–Crippen LogP) is 4.32. The minimum atomic E-state index is -1.33. The molecule has 5 rings (SSSR count). The third kappa shape index (κ3) is 6.57. The number of aliphatic hydroxyl groups excluding tert-OH is 1. The Hall–Kier alpha value is -3.62. The Labute approximate surface area is 233 Å². The Morgan fingerprint density at radius 1 is 0.900 bits per heavy atom. The molecule has 0 aliphatic carbocycles. The lowest BCUT2D eigenvalue weighted by Gasteiger charge is -2.40. The van der Waals surface area contributed by atoms with Crippen LogP contribution < -0.4 is 5.32 Å². The number of rotatable bonds is 10. The standard InChI is InChI=1S/C32H35F2N3O3/c33-28-12-7-13-29(34)27(28)21-36(32(40)30(38)18-22-8-3-1-4-9-22)16-17-37-25-14-15-26(37)20-24(19-25)35-31(39)23-10-5-2-6-11-23/h1-13,24-26,30,38H,14-21H2,(H,35,39)/t24?,25?,26?,30-/m0/s1. The molecule has 2 heterocycles. The fourth-order valence-corrected chi connectivity index (χ4v) is 6.13.